The van der Waals surface area contributed by atoms with Gasteiger partial charge in [-0.3, -0.25) is 4.79 Å². The number of rotatable bonds is 9. The average molecular weight is 457 g/mol. The minimum atomic E-state index is -0.711. The van der Waals surface area contributed by atoms with Gasteiger partial charge in [-0.2, -0.15) is 5.26 Å². The molecule has 3 rings (SSSR count). The van der Waals surface area contributed by atoms with E-state index in [9.17, 15) is 14.4 Å². The number of halogens is 1. The van der Waals surface area contributed by atoms with Crippen LogP contribution >= 0.6 is 0 Å². The summed E-state index contributed by atoms with van der Waals surface area (Å²) in [6.45, 7) is 6.18. The molecule has 0 heterocycles. The molecule has 172 valence electrons. The number of hydrogen-bond acceptors (Lipinski definition) is 4. The standard InChI is InChI=1S/C28H25FN2O3/c1-4-8-22-14-21(15-23(17-30)28(32)31-25-12-6-5-11-24(25)29)16-26(33-3)27(22)34-18-20-10-7-9-19(2)13-20/h4-7,9-16H,1,8,18H2,2-3H3,(H,31,32)/b23-15-. The topological polar surface area (TPSA) is 71.4 Å². The van der Waals surface area contributed by atoms with Gasteiger partial charge in [0.1, 0.15) is 24.1 Å². The molecule has 0 unspecified atom stereocenters. The first kappa shape index (κ1) is 24.3. The Balaban J connectivity index is 1.91. The molecule has 5 nitrogen and oxygen atoms in total. The van der Waals surface area contributed by atoms with E-state index in [2.05, 4.69) is 11.9 Å². The molecule has 0 aliphatic heterocycles. The Morgan fingerprint density at radius 1 is 1.18 bits per heavy atom. The van der Waals surface area contributed by atoms with E-state index < -0.39 is 11.7 Å². The van der Waals surface area contributed by atoms with E-state index in [1.54, 1.807) is 18.2 Å². The highest BCUT2D eigenvalue weighted by molar-refractivity contribution is 6.09. The predicted molar refractivity (Wildman–Crippen MR) is 131 cm³/mol. The van der Waals surface area contributed by atoms with E-state index in [0.29, 0.717) is 30.1 Å². The molecule has 6 heteroatoms. The van der Waals surface area contributed by atoms with Gasteiger partial charge in [0.25, 0.3) is 5.91 Å². The maximum atomic E-state index is 13.9. The van der Waals surface area contributed by atoms with Crippen LogP contribution in [0.5, 0.6) is 11.5 Å². The number of methoxy groups -OCH3 is 1. The van der Waals surface area contributed by atoms with Gasteiger partial charge in [-0.15, -0.1) is 6.58 Å². The summed E-state index contributed by atoms with van der Waals surface area (Å²) in [6, 6.07) is 19.2. The molecule has 1 N–H and O–H groups in total. The first-order valence-corrected chi connectivity index (χ1v) is 10.6. The minimum Gasteiger partial charge on any atom is -0.493 e. The van der Waals surface area contributed by atoms with E-state index in [1.165, 1.54) is 31.4 Å². The molecule has 0 aliphatic carbocycles. The van der Waals surface area contributed by atoms with Gasteiger partial charge in [0.15, 0.2) is 11.5 Å². The number of carbonyl (C=O) groups is 1. The van der Waals surface area contributed by atoms with Crippen LogP contribution in [0.1, 0.15) is 22.3 Å². The van der Waals surface area contributed by atoms with Crippen LogP contribution in [0.15, 0.2) is 78.9 Å². The number of benzene rings is 3. The van der Waals surface area contributed by atoms with Crippen molar-refractivity contribution in [2.75, 3.05) is 12.4 Å². The van der Waals surface area contributed by atoms with Crippen LogP contribution in [0.2, 0.25) is 0 Å². The van der Waals surface area contributed by atoms with Gasteiger partial charge in [-0.25, -0.2) is 4.39 Å². The highest BCUT2D eigenvalue weighted by Crippen LogP contribution is 2.35. The second-order valence-electron chi connectivity index (χ2n) is 7.59. The van der Waals surface area contributed by atoms with Crippen LogP contribution < -0.4 is 14.8 Å². The maximum Gasteiger partial charge on any atom is 0.266 e. The minimum absolute atomic E-state index is 0.00141. The molecule has 0 radical (unpaired) electrons. The zero-order valence-electron chi connectivity index (χ0n) is 19.1. The molecular formula is C28H25FN2O3. The number of aryl methyl sites for hydroxylation is 1. The number of ether oxygens (including phenoxy) is 2. The molecule has 3 aromatic carbocycles. The number of nitrogens with one attached hydrogen (secondary N) is 1. The van der Waals surface area contributed by atoms with Crippen molar-refractivity contribution in [2.24, 2.45) is 0 Å². The monoisotopic (exact) mass is 456 g/mol. The number of anilines is 1. The largest absolute Gasteiger partial charge is 0.493 e. The Kier molecular flexibility index (Phi) is 8.20. The molecule has 0 bridgehead atoms. The fourth-order valence-electron chi connectivity index (χ4n) is 3.41. The normalized spacial score (nSPS) is 10.8. The first-order chi connectivity index (χ1) is 16.4. The molecule has 0 saturated carbocycles. The molecule has 0 aromatic heterocycles. The van der Waals surface area contributed by atoms with Crippen LogP contribution in [-0.4, -0.2) is 13.0 Å². The van der Waals surface area contributed by atoms with Crippen LogP contribution in [0.4, 0.5) is 10.1 Å². The van der Waals surface area contributed by atoms with Crippen molar-refractivity contribution < 1.29 is 18.7 Å². The molecule has 34 heavy (non-hydrogen) atoms. The van der Waals surface area contributed by atoms with E-state index >= 15 is 0 Å². The molecule has 0 atom stereocenters. The third-order valence-corrected chi connectivity index (χ3v) is 5.00. The van der Waals surface area contributed by atoms with Crippen molar-refractivity contribution >= 4 is 17.7 Å². The molecular weight excluding hydrogens is 431 g/mol. The Morgan fingerprint density at radius 3 is 2.65 bits per heavy atom. The lowest BCUT2D eigenvalue weighted by atomic mass is 10.0. The van der Waals surface area contributed by atoms with Gasteiger partial charge in [-0.05, 0) is 54.8 Å². The van der Waals surface area contributed by atoms with Gasteiger partial charge in [0.2, 0.25) is 0 Å². The molecule has 3 aromatic rings. The highest BCUT2D eigenvalue weighted by atomic mass is 19.1. The van der Waals surface area contributed by atoms with Crippen LogP contribution in [0.25, 0.3) is 6.08 Å². The number of para-hydroxylation sites is 1. The first-order valence-electron chi connectivity index (χ1n) is 10.6. The highest BCUT2D eigenvalue weighted by Gasteiger charge is 2.16. The summed E-state index contributed by atoms with van der Waals surface area (Å²) in [4.78, 5) is 12.6. The van der Waals surface area contributed by atoms with E-state index in [0.717, 1.165) is 16.7 Å². The molecule has 0 fully saturated rings. The number of nitriles is 1. The summed E-state index contributed by atoms with van der Waals surface area (Å²) >= 11 is 0. The summed E-state index contributed by atoms with van der Waals surface area (Å²) < 4.78 is 25.5. The number of nitrogens with zero attached hydrogens (tertiary/aromatic N) is 1. The summed E-state index contributed by atoms with van der Waals surface area (Å²) in [5, 5.41) is 12.0. The van der Waals surface area contributed by atoms with Gasteiger partial charge < -0.3 is 14.8 Å². The van der Waals surface area contributed by atoms with E-state index in [4.69, 9.17) is 9.47 Å². The smallest absolute Gasteiger partial charge is 0.266 e. The fraction of sp³-hybridized carbons (Fsp3) is 0.143. The quantitative estimate of drug-likeness (QED) is 0.244. The number of carbonyl (C=O) groups excluding carboxylic acids is 1. The van der Waals surface area contributed by atoms with Crippen molar-refractivity contribution in [3.8, 4) is 17.6 Å². The van der Waals surface area contributed by atoms with Crippen LogP contribution in [0, 0.1) is 24.1 Å². The summed E-state index contributed by atoms with van der Waals surface area (Å²) in [5.74, 6) is -0.268. The molecule has 0 aliphatic rings. The van der Waals surface area contributed by atoms with Crippen molar-refractivity contribution in [3.05, 3.63) is 107 Å². The summed E-state index contributed by atoms with van der Waals surface area (Å²) in [6.07, 6.45) is 3.65. The van der Waals surface area contributed by atoms with Gasteiger partial charge >= 0.3 is 0 Å². The SMILES string of the molecule is C=CCc1cc(/C=C(/C#N)C(=O)Nc2ccccc2F)cc(OC)c1OCc1cccc(C)c1. The predicted octanol–water partition coefficient (Wildman–Crippen LogP) is 6.00. The van der Waals surface area contributed by atoms with Crippen LogP contribution in [-0.2, 0) is 17.8 Å². The Hall–Kier alpha value is -4.37. The second kappa shape index (κ2) is 11.5. The van der Waals surface area contributed by atoms with Crippen molar-refractivity contribution in [3.63, 3.8) is 0 Å². The lowest BCUT2D eigenvalue weighted by Gasteiger charge is -2.16. The van der Waals surface area contributed by atoms with Gasteiger partial charge in [0, 0.05) is 5.56 Å². The van der Waals surface area contributed by atoms with Gasteiger partial charge in [-0.1, -0.05) is 48.0 Å². The Labute approximate surface area is 198 Å². The van der Waals surface area contributed by atoms with E-state index in [-0.39, 0.29) is 11.3 Å². The number of hydrogen-bond donors (Lipinski definition) is 1. The molecule has 1 amide bonds. The van der Waals surface area contributed by atoms with Crippen LogP contribution in [0.3, 0.4) is 0 Å². The average Bonchev–Trinajstić information content (AvgIpc) is 2.83. The summed E-state index contributed by atoms with van der Waals surface area (Å²) in [7, 11) is 1.52. The molecule has 0 spiro atoms. The second-order valence-corrected chi connectivity index (χ2v) is 7.59. The third kappa shape index (κ3) is 6.11. The lowest BCUT2D eigenvalue weighted by molar-refractivity contribution is -0.112. The van der Waals surface area contributed by atoms with E-state index in [1.807, 2.05) is 43.3 Å². The zero-order valence-corrected chi connectivity index (χ0v) is 19.1. The Morgan fingerprint density at radius 2 is 1.97 bits per heavy atom. The van der Waals surface area contributed by atoms with Crippen molar-refractivity contribution in [1.29, 1.82) is 5.26 Å². The lowest BCUT2D eigenvalue weighted by Crippen LogP contribution is -2.14. The summed E-state index contributed by atoms with van der Waals surface area (Å²) in [5.41, 5.74) is 3.34. The fourth-order valence-corrected chi connectivity index (χ4v) is 3.41. The number of amides is 1. The van der Waals surface area contributed by atoms with Crippen molar-refractivity contribution in [1.82, 2.24) is 0 Å². The third-order valence-electron chi connectivity index (χ3n) is 5.00. The molecule has 0 saturated heterocycles. The Bertz CT molecular complexity index is 1270. The van der Waals surface area contributed by atoms with Gasteiger partial charge in [0.05, 0.1) is 12.8 Å². The maximum absolute atomic E-state index is 13.9. The van der Waals surface area contributed by atoms with Crippen molar-refractivity contribution in [2.45, 2.75) is 20.0 Å². The number of allylic oxidation sites excluding steroid dienone is 1. The zero-order chi connectivity index (χ0) is 24.5.